The Kier molecular flexibility index (Phi) is 6.99. The molecule has 0 aromatic heterocycles. The van der Waals surface area contributed by atoms with Crippen LogP contribution in [0.5, 0.6) is 5.75 Å². The van der Waals surface area contributed by atoms with Gasteiger partial charge in [0.05, 0.1) is 5.56 Å². The lowest BCUT2D eigenvalue weighted by Gasteiger charge is -2.26. The molecule has 0 unspecified atom stereocenters. The molecule has 26 heavy (non-hydrogen) atoms. The first-order valence-corrected chi connectivity index (χ1v) is 10.8. The van der Waals surface area contributed by atoms with E-state index in [1.807, 2.05) is 0 Å². The number of phenolic OH excluding ortho intramolecular Hbond substituents is 1. The second-order valence-corrected chi connectivity index (χ2v) is 8.39. The van der Waals surface area contributed by atoms with Crippen LogP contribution in [0.2, 0.25) is 0 Å². The minimum absolute atomic E-state index is 0.307. The Labute approximate surface area is 157 Å². The molecule has 2 aliphatic rings. The highest BCUT2D eigenvalue weighted by molar-refractivity contribution is 5.88. The molecule has 144 valence electrons. The SMILES string of the molecule is O=C(O)c1cc(C2CCCCCCC2)c(O)c(C2CCCCCCC2)c1. The van der Waals surface area contributed by atoms with Crippen LogP contribution in [0.4, 0.5) is 0 Å². The van der Waals surface area contributed by atoms with E-state index in [0.29, 0.717) is 23.1 Å². The van der Waals surface area contributed by atoms with Gasteiger partial charge in [0, 0.05) is 0 Å². The van der Waals surface area contributed by atoms with E-state index < -0.39 is 5.97 Å². The minimum atomic E-state index is -0.871. The molecule has 0 heterocycles. The summed E-state index contributed by atoms with van der Waals surface area (Å²) in [5, 5.41) is 20.8. The highest BCUT2D eigenvalue weighted by Crippen LogP contribution is 2.43. The monoisotopic (exact) mass is 358 g/mol. The average Bonchev–Trinajstić information content (AvgIpc) is 2.55. The Morgan fingerprint density at radius 1 is 0.692 bits per heavy atom. The van der Waals surface area contributed by atoms with Crippen LogP contribution < -0.4 is 0 Å². The van der Waals surface area contributed by atoms with Crippen LogP contribution in [0.1, 0.15) is 123 Å². The molecule has 0 radical (unpaired) electrons. The second-order valence-electron chi connectivity index (χ2n) is 8.39. The maximum atomic E-state index is 11.7. The largest absolute Gasteiger partial charge is 0.507 e. The van der Waals surface area contributed by atoms with Gasteiger partial charge in [-0.2, -0.15) is 0 Å². The van der Waals surface area contributed by atoms with Gasteiger partial charge in [0.15, 0.2) is 0 Å². The van der Waals surface area contributed by atoms with Crippen LogP contribution in [0.25, 0.3) is 0 Å². The van der Waals surface area contributed by atoms with Crippen LogP contribution in [0, 0.1) is 0 Å². The van der Waals surface area contributed by atoms with E-state index in [-0.39, 0.29) is 0 Å². The standard InChI is InChI=1S/C23H34O3/c24-22-20(17-11-7-3-1-4-8-12-17)15-19(23(25)26)16-21(22)18-13-9-5-2-6-10-14-18/h15-18,24H,1-14H2,(H,25,26). The summed E-state index contributed by atoms with van der Waals surface area (Å²) in [7, 11) is 0. The average molecular weight is 359 g/mol. The Morgan fingerprint density at radius 2 is 1.04 bits per heavy atom. The number of hydrogen-bond acceptors (Lipinski definition) is 2. The fourth-order valence-corrected chi connectivity index (χ4v) is 4.96. The zero-order valence-electron chi connectivity index (χ0n) is 16.0. The van der Waals surface area contributed by atoms with E-state index in [1.54, 1.807) is 12.1 Å². The van der Waals surface area contributed by atoms with Crippen molar-refractivity contribution < 1.29 is 15.0 Å². The van der Waals surface area contributed by atoms with Gasteiger partial charge < -0.3 is 10.2 Å². The topological polar surface area (TPSA) is 57.5 Å². The normalized spacial score (nSPS) is 21.4. The van der Waals surface area contributed by atoms with Crippen molar-refractivity contribution >= 4 is 5.97 Å². The predicted molar refractivity (Wildman–Crippen MR) is 105 cm³/mol. The van der Waals surface area contributed by atoms with E-state index in [2.05, 4.69) is 0 Å². The van der Waals surface area contributed by atoms with E-state index in [4.69, 9.17) is 0 Å². The van der Waals surface area contributed by atoms with Gasteiger partial charge in [-0.15, -0.1) is 0 Å². The lowest BCUT2D eigenvalue weighted by molar-refractivity contribution is 0.0696. The van der Waals surface area contributed by atoms with Crippen LogP contribution in [0.15, 0.2) is 12.1 Å². The third-order valence-corrected chi connectivity index (χ3v) is 6.51. The molecule has 1 aromatic carbocycles. The highest BCUT2D eigenvalue weighted by atomic mass is 16.4. The summed E-state index contributed by atoms with van der Waals surface area (Å²) in [5.41, 5.74) is 2.17. The molecule has 0 spiro atoms. The molecule has 0 atom stereocenters. The smallest absolute Gasteiger partial charge is 0.335 e. The lowest BCUT2D eigenvalue weighted by Crippen LogP contribution is -2.10. The number of rotatable bonds is 3. The van der Waals surface area contributed by atoms with Gasteiger partial charge in [0.1, 0.15) is 5.75 Å². The van der Waals surface area contributed by atoms with E-state index in [1.165, 1.54) is 64.2 Å². The van der Waals surface area contributed by atoms with Gasteiger partial charge in [0.25, 0.3) is 0 Å². The maximum Gasteiger partial charge on any atom is 0.335 e. The number of aromatic carboxylic acids is 1. The molecule has 2 aliphatic carbocycles. The molecular weight excluding hydrogens is 324 g/mol. The molecule has 3 nitrogen and oxygen atoms in total. The summed E-state index contributed by atoms with van der Waals surface area (Å²) in [4.78, 5) is 11.7. The first-order chi connectivity index (χ1) is 12.7. The van der Waals surface area contributed by atoms with Crippen molar-refractivity contribution in [3.8, 4) is 5.75 Å². The van der Waals surface area contributed by atoms with Gasteiger partial charge in [-0.05, 0) is 60.8 Å². The van der Waals surface area contributed by atoms with Crippen LogP contribution in [0.3, 0.4) is 0 Å². The van der Waals surface area contributed by atoms with Crippen LogP contribution >= 0.6 is 0 Å². The summed E-state index contributed by atoms with van der Waals surface area (Å²) in [6.45, 7) is 0. The van der Waals surface area contributed by atoms with Crippen molar-refractivity contribution in [1.29, 1.82) is 0 Å². The zero-order valence-corrected chi connectivity index (χ0v) is 16.0. The quantitative estimate of drug-likeness (QED) is 0.628. The first kappa shape index (κ1) is 19.3. The zero-order chi connectivity index (χ0) is 18.4. The first-order valence-electron chi connectivity index (χ1n) is 10.8. The number of phenols is 1. The molecule has 1 aromatic rings. The third kappa shape index (κ3) is 4.81. The van der Waals surface area contributed by atoms with Gasteiger partial charge >= 0.3 is 5.97 Å². The number of carboxylic acid groups (broad SMARTS) is 1. The van der Waals surface area contributed by atoms with Crippen LogP contribution in [-0.4, -0.2) is 16.2 Å². The Morgan fingerprint density at radius 3 is 1.38 bits per heavy atom. The predicted octanol–water partition coefficient (Wildman–Crippen LogP) is 6.75. The summed E-state index contributed by atoms with van der Waals surface area (Å²) >= 11 is 0. The van der Waals surface area contributed by atoms with E-state index in [0.717, 1.165) is 36.8 Å². The molecule has 3 heteroatoms. The van der Waals surface area contributed by atoms with E-state index >= 15 is 0 Å². The molecule has 3 rings (SSSR count). The molecule has 2 N–H and O–H groups in total. The van der Waals surface area contributed by atoms with E-state index in [9.17, 15) is 15.0 Å². The van der Waals surface area contributed by atoms with Crippen molar-refractivity contribution in [3.05, 3.63) is 28.8 Å². The summed E-state index contributed by atoms with van der Waals surface area (Å²) in [6.07, 6.45) is 16.6. The molecule has 2 saturated carbocycles. The molecule has 2 fully saturated rings. The molecule has 0 saturated heterocycles. The van der Waals surface area contributed by atoms with Gasteiger partial charge in [-0.25, -0.2) is 4.79 Å². The van der Waals surface area contributed by atoms with Gasteiger partial charge in [-0.1, -0.05) is 64.2 Å². The fourth-order valence-electron chi connectivity index (χ4n) is 4.96. The fraction of sp³-hybridized carbons (Fsp3) is 0.696. The van der Waals surface area contributed by atoms with Gasteiger partial charge in [0.2, 0.25) is 0 Å². The van der Waals surface area contributed by atoms with Crippen molar-refractivity contribution in [3.63, 3.8) is 0 Å². The lowest BCUT2D eigenvalue weighted by atomic mass is 9.80. The molecule has 0 bridgehead atoms. The van der Waals surface area contributed by atoms with Crippen molar-refractivity contribution in [2.75, 3.05) is 0 Å². The number of carbonyl (C=O) groups is 1. The molecule has 0 amide bonds. The van der Waals surface area contributed by atoms with Gasteiger partial charge in [-0.3, -0.25) is 0 Å². The number of carboxylic acids is 1. The van der Waals surface area contributed by atoms with Crippen molar-refractivity contribution in [2.24, 2.45) is 0 Å². The Bertz CT molecular complexity index is 548. The summed E-state index contributed by atoms with van der Waals surface area (Å²) in [6, 6.07) is 3.52. The molecular formula is C23H34O3. The minimum Gasteiger partial charge on any atom is -0.507 e. The highest BCUT2D eigenvalue weighted by Gasteiger charge is 2.25. The number of benzene rings is 1. The number of aromatic hydroxyl groups is 1. The number of hydrogen-bond donors (Lipinski definition) is 2. The Hall–Kier alpha value is -1.51. The van der Waals surface area contributed by atoms with Crippen molar-refractivity contribution in [2.45, 2.75) is 102 Å². The Balaban J connectivity index is 1.94. The third-order valence-electron chi connectivity index (χ3n) is 6.51. The summed E-state index contributed by atoms with van der Waals surface area (Å²) in [5.74, 6) is 0.152. The second kappa shape index (κ2) is 9.43. The van der Waals surface area contributed by atoms with Crippen molar-refractivity contribution in [1.82, 2.24) is 0 Å². The van der Waals surface area contributed by atoms with Crippen LogP contribution in [-0.2, 0) is 0 Å². The molecule has 0 aliphatic heterocycles. The maximum absolute atomic E-state index is 11.7. The summed E-state index contributed by atoms with van der Waals surface area (Å²) < 4.78 is 0.